The molecule has 2 aromatic rings. The molecule has 2 rings (SSSR count). The smallest absolute Gasteiger partial charge is 0.387 e. The Morgan fingerprint density at radius 3 is 3.00 bits per heavy atom. The topological polar surface area (TPSA) is 35.3 Å². The van der Waals surface area contributed by atoms with Gasteiger partial charge < -0.3 is 9.15 Å². The van der Waals surface area contributed by atoms with Crippen LogP contribution in [0.4, 0.5) is 8.78 Å². The molecule has 68 valence electrons. The zero-order valence-corrected chi connectivity index (χ0v) is 6.41. The maximum absolute atomic E-state index is 11.9. The molecule has 13 heavy (non-hydrogen) atoms. The minimum atomic E-state index is -2.85. The van der Waals surface area contributed by atoms with Crippen LogP contribution in [0.15, 0.2) is 29.0 Å². The fourth-order valence-corrected chi connectivity index (χ4v) is 1.05. The number of oxazole rings is 1. The van der Waals surface area contributed by atoms with Crippen molar-refractivity contribution in [1.82, 2.24) is 4.98 Å². The Morgan fingerprint density at radius 1 is 1.38 bits per heavy atom. The second kappa shape index (κ2) is 3.01. The molecule has 5 heteroatoms. The zero-order chi connectivity index (χ0) is 9.26. The quantitative estimate of drug-likeness (QED) is 0.720. The van der Waals surface area contributed by atoms with Crippen LogP contribution in [-0.4, -0.2) is 11.6 Å². The van der Waals surface area contributed by atoms with Gasteiger partial charge in [0, 0.05) is 0 Å². The van der Waals surface area contributed by atoms with E-state index in [0.717, 1.165) is 0 Å². The van der Waals surface area contributed by atoms with E-state index < -0.39 is 6.61 Å². The molecule has 3 nitrogen and oxygen atoms in total. The maximum atomic E-state index is 11.9. The molecule has 0 N–H and O–H groups in total. The van der Waals surface area contributed by atoms with Gasteiger partial charge in [0.05, 0.1) is 0 Å². The molecule has 0 aliphatic heterocycles. The van der Waals surface area contributed by atoms with Crippen molar-refractivity contribution in [2.75, 3.05) is 0 Å². The van der Waals surface area contributed by atoms with Gasteiger partial charge in [-0.3, -0.25) is 0 Å². The number of benzene rings is 1. The molecule has 1 aromatic heterocycles. The van der Waals surface area contributed by atoms with E-state index in [1.165, 1.54) is 12.5 Å². The number of aromatic nitrogens is 1. The molecule has 0 unspecified atom stereocenters. The Labute approximate surface area is 71.9 Å². The molecule has 0 fully saturated rings. The first-order valence-corrected chi connectivity index (χ1v) is 3.54. The molecular weight excluding hydrogens is 180 g/mol. The number of alkyl halides is 2. The molecule has 0 aliphatic carbocycles. The molecule has 0 radical (unpaired) electrons. The summed E-state index contributed by atoms with van der Waals surface area (Å²) >= 11 is 0. The minimum absolute atomic E-state index is 0.00463. The molecule has 0 atom stereocenters. The third kappa shape index (κ3) is 1.44. The standard InChI is InChI=1S/C8H5F2NO2/c9-8(10)13-6-3-1-2-5-7(6)12-4-11-5/h1-4,8H. The summed E-state index contributed by atoms with van der Waals surface area (Å²) in [7, 11) is 0. The molecule has 0 aliphatic rings. The first-order chi connectivity index (χ1) is 6.27. The zero-order valence-electron chi connectivity index (χ0n) is 6.41. The van der Waals surface area contributed by atoms with Crippen LogP contribution in [0, 0.1) is 0 Å². The Morgan fingerprint density at radius 2 is 2.23 bits per heavy atom. The van der Waals surface area contributed by atoms with Crippen molar-refractivity contribution < 1.29 is 17.9 Å². The first-order valence-electron chi connectivity index (χ1n) is 3.54. The second-order valence-corrected chi connectivity index (χ2v) is 2.34. The number of nitrogens with zero attached hydrogens (tertiary/aromatic N) is 1. The van der Waals surface area contributed by atoms with Crippen molar-refractivity contribution in [2.24, 2.45) is 0 Å². The van der Waals surface area contributed by atoms with Crippen LogP contribution in [0.2, 0.25) is 0 Å². The van der Waals surface area contributed by atoms with E-state index >= 15 is 0 Å². The molecule has 1 aromatic carbocycles. The summed E-state index contributed by atoms with van der Waals surface area (Å²) in [6.45, 7) is -2.85. The van der Waals surface area contributed by atoms with Gasteiger partial charge in [0.25, 0.3) is 0 Å². The molecular formula is C8H5F2NO2. The lowest BCUT2D eigenvalue weighted by Gasteiger charge is -2.02. The van der Waals surface area contributed by atoms with Gasteiger partial charge in [0.1, 0.15) is 5.52 Å². The summed E-state index contributed by atoms with van der Waals surface area (Å²) in [5, 5.41) is 0. The highest BCUT2D eigenvalue weighted by molar-refractivity contribution is 5.78. The Kier molecular flexibility index (Phi) is 1.84. The minimum Gasteiger partial charge on any atom is -0.440 e. The molecule has 1 heterocycles. The molecule has 0 saturated heterocycles. The van der Waals surface area contributed by atoms with Gasteiger partial charge in [-0.1, -0.05) is 6.07 Å². The van der Waals surface area contributed by atoms with Crippen molar-refractivity contribution in [3.05, 3.63) is 24.6 Å². The summed E-state index contributed by atoms with van der Waals surface area (Å²) in [6, 6.07) is 4.62. The predicted molar refractivity (Wildman–Crippen MR) is 40.6 cm³/mol. The van der Waals surface area contributed by atoms with Gasteiger partial charge in [0.2, 0.25) is 0 Å². The maximum Gasteiger partial charge on any atom is 0.387 e. The van der Waals surface area contributed by atoms with Gasteiger partial charge in [-0.25, -0.2) is 4.98 Å². The Bertz CT molecular complexity index is 413. The van der Waals surface area contributed by atoms with Crippen LogP contribution in [0.3, 0.4) is 0 Å². The monoisotopic (exact) mass is 185 g/mol. The third-order valence-electron chi connectivity index (χ3n) is 1.54. The highest BCUT2D eigenvalue weighted by Crippen LogP contribution is 2.25. The fourth-order valence-electron chi connectivity index (χ4n) is 1.05. The van der Waals surface area contributed by atoms with Crippen LogP contribution in [0.5, 0.6) is 5.75 Å². The second-order valence-electron chi connectivity index (χ2n) is 2.34. The lowest BCUT2D eigenvalue weighted by Crippen LogP contribution is -2.01. The summed E-state index contributed by atoms with van der Waals surface area (Å²) in [4.78, 5) is 3.80. The molecule has 0 spiro atoms. The van der Waals surface area contributed by atoms with Crippen molar-refractivity contribution >= 4 is 11.1 Å². The van der Waals surface area contributed by atoms with Crippen molar-refractivity contribution in [2.45, 2.75) is 6.61 Å². The third-order valence-corrected chi connectivity index (χ3v) is 1.54. The highest BCUT2D eigenvalue weighted by Gasteiger charge is 2.10. The lowest BCUT2D eigenvalue weighted by molar-refractivity contribution is -0.0493. The summed E-state index contributed by atoms with van der Waals surface area (Å²) in [6.07, 6.45) is 1.18. The van der Waals surface area contributed by atoms with E-state index in [1.807, 2.05) is 0 Å². The van der Waals surface area contributed by atoms with E-state index in [-0.39, 0.29) is 11.3 Å². The fraction of sp³-hybridized carbons (Fsp3) is 0.125. The number of fused-ring (bicyclic) bond motifs is 1. The van der Waals surface area contributed by atoms with Crippen molar-refractivity contribution in [3.8, 4) is 5.75 Å². The van der Waals surface area contributed by atoms with Gasteiger partial charge in [0.15, 0.2) is 17.7 Å². The van der Waals surface area contributed by atoms with Crippen LogP contribution in [-0.2, 0) is 0 Å². The van der Waals surface area contributed by atoms with E-state index in [4.69, 9.17) is 4.42 Å². The largest absolute Gasteiger partial charge is 0.440 e. The van der Waals surface area contributed by atoms with E-state index in [0.29, 0.717) is 5.52 Å². The van der Waals surface area contributed by atoms with Gasteiger partial charge in [-0.2, -0.15) is 8.78 Å². The number of rotatable bonds is 2. The highest BCUT2D eigenvalue weighted by atomic mass is 19.3. The number of halogens is 2. The SMILES string of the molecule is FC(F)Oc1cccc2ncoc12. The van der Waals surface area contributed by atoms with Gasteiger partial charge in [-0.05, 0) is 12.1 Å². The number of hydrogen-bond donors (Lipinski definition) is 0. The van der Waals surface area contributed by atoms with E-state index in [1.54, 1.807) is 12.1 Å². The van der Waals surface area contributed by atoms with E-state index in [9.17, 15) is 8.78 Å². The van der Waals surface area contributed by atoms with Crippen LogP contribution in [0.25, 0.3) is 11.1 Å². The number of para-hydroxylation sites is 1. The number of hydrogen-bond acceptors (Lipinski definition) is 3. The predicted octanol–water partition coefficient (Wildman–Crippen LogP) is 2.43. The lowest BCUT2D eigenvalue weighted by atomic mass is 10.3. The molecule has 0 bridgehead atoms. The number of ether oxygens (including phenoxy) is 1. The molecule has 0 saturated carbocycles. The van der Waals surface area contributed by atoms with Crippen LogP contribution < -0.4 is 4.74 Å². The van der Waals surface area contributed by atoms with Gasteiger partial charge in [-0.15, -0.1) is 0 Å². The summed E-state index contributed by atoms with van der Waals surface area (Å²) < 4.78 is 32.8. The summed E-state index contributed by atoms with van der Waals surface area (Å²) in [5.41, 5.74) is 0.737. The van der Waals surface area contributed by atoms with Crippen LogP contribution >= 0.6 is 0 Å². The van der Waals surface area contributed by atoms with Crippen LogP contribution in [0.1, 0.15) is 0 Å². The first kappa shape index (κ1) is 7.97. The normalized spacial score (nSPS) is 11.0. The van der Waals surface area contributed by atoms with Crippen molar-refractivity contribution in [1.29, 1.82) is 0 Å². The Hall–Kier alpha value is -1.65. The average molecular weight is 185 g/mol. The van der Waals surface area contributed by atoms with E-state index in [2.05, 4.69) is 9.72 Å². The molecule has 0 amide bonds. The Balaban J connectivity index is 2.48. The van der Waals surface area contributed by atoms with Crippen molar-refractivity contribution in [3.63, 3.8) is 0 Å². The average Bonchev–Trinajstić information content (AvgIpc) is 2.51. The summed E-state index contributed by atoms with van der Waals surface area (Å²) in [5.74, 6) is 0.00463. The van der Waals surface area contributed by atoms with Gasteiger partial charge >= 0.3 is 6.61 Å².